The van der Waals surface area contributed by atoms with Crippen molar-refractivity contribution in [3.05, 3.63) is 297 Å². The Bertz CT molecular complexity index is 5150. The van der Waals surface area contributed by atoms with Crippen LogP contribution in [0.3, 0.4) is 0 Å². The molecule has 1 saturated carbocycles. The largest absolute Gasteiger partial charge is 0.0775 e. The first-order valence-electron chi connectivity index (χ1n) is 31.7. The van der Waals surface area contributed by atoms with Gasteiger partial charge in [-0.05, 0) is 208 Å². The van der Waals surface area contributed by atoms with Gasteiger partial charge in [0.2, 0.25) is 0 Å². The molecule has 0 saturated heterocycles. The molecule has 15 aromatic rings. The summed E-state index contributed by atoms with van der Waals surface area (Å²) in [5.41, 5.74) is 21.2. The van der Waals surface area contributed by atoms with E-state index in [4.69, 9.17) is 0 Å². The summed E-state index contributed by atoms with van der Waals surface area (Å²) in [6, 6.07) is 111. The average molecular weight is 1140 g/mol. The Morgan fingerprint density at radius 1 is 0.239 bits per heavy atom. The summed E-state index contributed by atoms with van der Waals surface area (Å²) in [7, 11) is -1.43. The smallest absolute Gasteiger partial charge is 0.0656 e. The lowest BCUT2D eigenvalue weighted by molar-refractivity contribution is 0.443. The molecule has 1 aliphatic carbocycles. The molecule has 88 heavy (non-hydrogen) atoms. The molecule has 0 unspecified atom stereocenters. The first-order chi connectivity index (χ1) is 43.3. The molecule has 0 bridgehead atoms. The van der Waals surface area contributed by atoms with E-state index in [0.717, 1.165) is 0 Å². The SMILES string of the molecule is C[Si](C)(C)c1ccc(-c2ccc(-c3c4ccc(-c5ccccc5)cc4c(-c4ccccc4)c4cc(-c5cc(-c6ccc7c(-c8ccc(C9CCCCC9)cc8)c8ccccc8c(-c8cccc9ccccc89)c7c6)c6ccccc6c5)ccc34)cc2)cc1. The molecule has 420 valence electrons. The van der Waals surface area contributed by atoms with E-state index in [9.17, 15) is 0 Å². The zero-order valence-corrected chi connectivity index (χ0v) is 51.3. The molecule has 0 aliphatic heterocycles. The highest BCUT2D eigenvalue weighted by Gasteiger charge is 2.24. The van der Waals surface area contributed by atoms with Gasteiger partial charge in [-0.1, -0.05) is 305 Å². The molecule has 0 aromatic heterocycles. The fourth-order valence-corrected chi connectivity index (χ4v) is 16.1. The standard InChI is InChI=1S/C87H68Si/c1-88(2,3)71-47-42-61(43-48-71)60-36-40-65(41-37-60)85-77-49-44-66(58-22-9-5-10-23-58)53-81(77)86(63-25-11-6-12-26-63)82-54-67(45-50-78(82)85)70-52-68-27-14-16-30-73(68)80(56-70)69-46-51-79-83(55-69)87(74-33-19-28-62-24-13-15-29-72(62)74)76-32-18-17-31-75(76)84(79)64-38-34-59(35-39-64)57-20-7-4-8-21-57/h5-6,9-19,22-57H,4,7-8,20-21H2,1-3H3. The number of hydrogen-bond acceptors (Lipinski definition) is 0. The maximum absolute atomic E-state index is 2.52. The second-order valence-electron chi connectivity index (χ2n) is 25.7. The van der Waals surface area contributed by atoms with Crippen LogP contribution < -0.4 is 5.19 Å². The third kappa shape index (κ3) is 9.53. The van der Waals surface area contributed by atoms with Gasteiger partial charge in [-0.2, -0.15) is 0 Å². The molecule has 0 atom stereocenters. The zero-order valence-electron chi connectivity index (χ0n) is 50.3. The molecule has 0 heterocycles. The van der Waals surface area contributed by atoms with Gasteiger partial charge in [0.05, 0.1) is 8.07 Å². The fourth-order valence-electron chi connectivity index (χ4n) is 14.9. The number of hydrogen-bond donors (Lipinski definition) is 0. The van der Waals surface area contributed by atoms with Gasteiger partial charge in [-0.15, -0.1) is 0 Å². The minimum atomic E-state index is -1.43. The zero-order chi connectivity index (χ0) is 58.9. The van der Waals surface area contributed by atoms with E-state index < -0.39 is 8.07 Å². The lowest BCUT2D eigenvalue weighted by atomic mass is 9.81. The van der Waals surface area contributed by atoms with Crippen molar-refractivity contribution in [1.82, 2.24) is 0 Å². The molecule has 16 rings (SSSR count). The van der Waals surface area contributed by atoms with Gasteiger partial charge in [-0.25, -0.2) is 0 Å². The van der Waals surface area contributed by atoms with Gasteiger partial charge in [-0.3, -0.25) is 0 Å². The molecule has 0 radical (unpaired) electrons. The molecule has 0 nitrogen and oxygen atoms in total. The van der Waals surface area contributed by atoms with E-state index in [0.29, 0.717) is 5.92 Å². The van der Waals surface area contributed by atoms with E-state index >= 15 is 0 Å². The number of fused-ring (bicyclic) bond motifs is 6. The van der Waals surface area contributed by atoms with Crippen molar-refractivity contribution in [1.29, 1.82) is 0 Å². The van der Waals surface area contributed by atoms with E-state index in [2.05, 4.69) is 311 Å². The summed E-state index contributed by atoms with van der Waals surface area (Å²) in [5, 5.41) is 16.5. The highest BCUT2D eigenvalue weighted by atomic mass is 28.3. The summed E-state index contributed by atoms with van der Waals surface area (Å²) < 4.78 is 0. The molecular formula is C87H68Si. The summed E-state index contributed by atoms with van der Waals surface area (Å²) in [5.74, 6) is 0.649. The van der Waals surface area contributed by atoms with Crippen LogP contribution >= 0.6 is 0 Å². The van der Waals surface area contributed by atoms with E-state index in [1.807, 2.05) is 0 Å². The Labute approximate surface area is 518 Å². The summed E-state index contributed by atoms with van der Waals surface area (Å²) >= 11 is 0. The van der Waals surface area contributed by atoms with Crippen LogP contribution in [0.1, 0.15) is 43.6 Å². The highest BCUT2D eigenvalue weighted by molar-refractivity contribution is 6.88. The minimum absolute atomic E-state index is 0.649. The molecular weight excluding hydrogens is 1070 g/mol. The summed E-state index contributed by atoms with van der Waals surface area (Å²) in [6.45, 7) is 7.25. The van der Waals surface area contributed by atoms with Crippen LogP contribution in [0.5, 0.6) is 0 Å². The lowest BCUT2D eigenvalue weighted by Gasteiger charge is -2.23. The number of rotatable bonds is 10. The summed E-state index contributed by atoms with van der Waals surface area (Å²) in [6.07, 6.45) is 6.59. The van der Waals surface area contributed by atoms with Crippen molar-refractivity contribution < 1.29 is 0 Å². The monoisotopic (exact) mass is 1140 g/mol. The Kier molecular flexibility index (Phi) is 13.4. The van der Waals surface area contributed by atoms with Gasteiger partial charge < -0.3 is 0 Å². The van der Waals surface area contributed by atoms with E-state index in [1.165, 1.54) is 197 Å². The molecule has 0 amide bonds. The Morgan fingerprint density at radius 3 is 1.25 bits per heavy atom. The molecule has 1 heteroatoms. The molecule has 0 spiro atoms. The molecule has 1 fully saturated rings. The van der Waals surface area contributed by atoms with Crippen LogP contribution in [0.15, 0.2) is 291 Å². The van der Waals surface area contributed by atoms with Gasteiger partial charge >= 0.3 is 0 Å². The van der Waals surface area contributed by atoms with Gasteiger partial charge in [0.1, 0.15) is 0 Å². The van der Waals surface area contributed by atoms with Crippen LogP contribution in [0.25, 0.3) is 154 Å². The van der Waals surface area contributed by atoms with Gasteiger partial charge in [0.25, 0.3) is 0 Å². The number of benzene rings is 15. The van der Waals surface area contributed by atoms with Crippen molar-refractivity contribution in [3.8, 4) is 89.0 Å². The van der Waals surface area contributed by atoms with Crippen molar-refractivity contribution in [3.63, 3.8) is 0 Å². The third-order valence-corrected chi connectivity index (χ3v) is 21.5. The third-order valence-electron chi connectivity index (χ3n) is 19.4. The average Bonchev–Trinajstić information content (AvgIpc) is 0.820. The van der Waals surface area contributed by atoms with Crippen LogP contribution in [0.4, 0.5) is 0 Å². The predicted molar refractivity (Wildman–Crippen MR) is 384 cm³/mol. The Morgan fingerprint density at radius 2 is 0.636 bits per heavy atom. The molecule has 15 aromatic carbocycles. The van der Waals surface area contributed by atoms with Crippen molar-refractivity contribution in [2.75, 3.05) is 0 Å². The van der Waals surface area contributed by atoms with Crippen LogP contribution in [0.2, 0.25) is 19.6 Å². The first-order valence-corrected chi connectivity index (χ1v) is 35.2. The first kappa shape index (κ1) is 53.5. The van der Waals surface area contributed by atoms with Gasteiger partial charge in [0, 0.05) is 0 Å². The molecule has 0 N–H and O–H groups in total. The van der Waals surface area contributed by atoms with E-state index in [-0.39, 0.29) is 0 Å². The van der Waals surface area contributed by atoms with Crippen molar-refractivity contribution >= 4 is 77.9 Å². The maximum atomic E-state index is 2.52. The topological polar surface area (TPSA) is 0 Å². The fraction of sp³-hybridized carbons (Fsp3) is 0.103. The Hall–Kier alpha value is -9.92. The molecule has 1 aliphatic rings. The normalized spacial score (nSPS) is 13.1. The predicted octanol–water partition coefficient (Wildman–Crippen LogP) is 24.5. The summed E-state index contributed by atoms with van der Waals surface area (Å²) in [4.78, 5) is 0. The van der Waals surface area contributed by atoms with Crippen LogP contribution in [0, 0.1) is 0 Å². The van der Waals surface area contributed by atoms with Crippen LogP contribution in [-0.4, -0.2) is 8.07 Å². The van der Waals surface area contributed by atoms with Crippen molar-refractivity contribution in [2.45, 2.75) is 57.7 Å². The van der Waals surface area contributed by atoms with Crippen LogP contribution in [-0.2, 0) is 0 Å². The van der Waals surface area contributed by atoms with E-state index in [1.54, 1.807) is 0 Å². The van der Waals surface area contributed by atoms with Gasteiger partial charge in [0.15, 0.2) is 0 Å². The highest BCUT2D eigenvalue weighted by Crippen LogP contribution is 2.50. The second kappa shape index (κ2) is 22.1. The minimum Gasteiger partial charge on any atom is -0.0656 e. The lowest BCUT2D eigenvalue weighted by Crippen LogP contribution is -2.37. The van der Waals surface area contributed by atoms with Crippen molar-refractivity contribution in [2.24, 2.45) is 0 Å². The Balaban J connectivity index is 0.914. The second-order valence-corrected chi connectivity index (χ2v) is 30.8. The maximum Gasteiger partial charge on any atom is 0.0775 e. The quantitative estimate of drug-likeness (QED) is 0.0946.